The van der Waals surface area contributed by atoms with Gasteiger partial charge in [0.1, 0.15) is 11.8 Å². The summed E-state index contributed by atoms with van der Waals surface area (Å²) in [7, 11) is -0.706. The van der Waals surface area contributed by atoms with Crippen LogP contribution >= 0.6 is 0 Å². The predicted octanol–water partition coefficient (Wildman–Crippen LogP) is 3.03. The summed E-state index contributed by atoms with van der Waals surface area (Å²) < 4.78 is 58.6. The molecule has 1 N–H and O–H groups in total. The summed E-state index contributed by atoms with van der Waals surface area (Å²) in [5, 5.41) is 9.21. The van der Waals surface area contributed by atoms with E-state index >= 15 is 0 Å². The summed E-state index contributed by atoms with van der Waals surface area (Å²) in [6.45, 7) is 4.55. The molecule has 0 aliphatic rings. The van der Waals surface area contributed by atoms with E-state index in [-0.39, 0.29) is 5.56 Å². The summed E-state index contributed by atoms with van der Waals surface area (Å²) in [6.07, 6.45) is -4.95. The molecular formula is C14H17F3N2O2S. The molecule has 1 aromatic carbocycles. The number of halogens is 3. The van der Waals surface area contributed by atoms with Crippen molar-refractivity contribution in [2.45, 2.75) is 37.2 Å². The van der Waals surface area contributed by atoms with Crippen LogP contribution in [-0.4, -0.2) is 22.2 Å². The van der Waals surface area contributed by atoms with Crippen LogP contribution in [0, 0.1) is 11.3 Å². The number of ether oxygens (including phenoxy) is 1. The van der Waals surface area contributed by atoms with E-state index in [1.165, 1.54) is 46.1 Å². The highest BCUT2D eigenvalue weighted by Gasteiger charge is 2.58. The quantitative estimate of drug-likeness (QED) is 0.921. The molecule has 8 heteroatoms. The Labute approximate surface area is 129 Å². The van der Waals surface area contributed by atoms with Gasteiger partial charge in [0.05, 0.1) is 22.8 Å². The summed E-state index contributed by atoms with van der Waals surface area (Å²) in [5.74, 6) is 0.356. The van der Waals surface area contributed by atoms with Crippen LogP contribution in [0.1, 0.15) is 26.3 Å². The first-order valence-electron chi connectivity index (χ1n) is 6.30. The van der Waals surface area contributed by atoms with Crippen molar-refractivity contribution < 1.29 is 22.1 Å². The average Bonchev–Trinajstić information content (AvgIpc) is 2.42. The number of methoxy groups -OCH3 is 1. The van der Waals surface area contributed by atoms with Crippen molar-refractivity contribution in [2.24, 2.45) is 0 Å². The number of rotatable bonds is 4. The second kappa shape index (κ2) is 6.26. The maximum atomic E-state index is 13.5. The molecule has 0 saturated carbocycles. The topological polar surface area (TPSA) is 62.1 Å². The van der Waals surface area contributed by atoms with Crippen LogP contribution in [0.25, 0.3) is 0 Å². The predicted molar refractivity (Wildman–Crippen MR) is 77.4 cm³/mol. The molecule has 0 bridgehead atoms. The third-order valence-electron chi connectivity index (χ3n) is 2.92. The number of alkyl halides is 3. The number of nitrogens with one attached hydrogen (secondary N) is 1. The molecule has 4 nitrogen and oxygen atoms in total. The van der Waals surface area contributed by atoms with E-state index in [0.29, 0.717) is 5.75 Å². The first-order chi connectivity index (χ1) is 9.98. The Morgan fingerprint density at radius 2 is 1.68 bits per heavy atom. The van der Waals surface area contributed by atoms with E-state index in [1.54, 1.807) is 0 Å². The van der Waals surface area contributed by atoms with E-state index in [9.17, 15) is 22.6 Å². The zero-order chi connectivity index (χ0) is 17.2. The van der Waals surface area contributed by atoms with Gasteiger partial charge in [0, 0.05) is 0 Å². The van der Waals surface area contributed by atoms with Crippen molar-refractivity contribution in [3.8, 4) is 11.8 Å². The third-order valence-corrected chi connectivity index (χ3v) is 4.52. The number of nitrogens with zero attached hydrogens (tertiary/aromatic N) is 1. The SMILES string of the molecule is COc1ccc([C@@](C#N)(NS(=O)C(C)(C)C)C(F)(F)F)cc1. The van der Waals surface area contributed by atoms with Gasteiger partial charge in [-0.3, -0.25) is 0 Å². The first kappa shape index (κ1) is 18.5. The van der Waals surface area contributed by atoms with Crippen LogP contribution in [0.3, 0.4) is 0 Å². The molecule has 1 rings (SSSR count). The van der Waals surface area contributed by atoms with Crippen molar-refractivity contribution in [3.63, 3.8) is 0 Å². The van der Waals surface area contributed by atoms with Gasteiger partial charge >= 0.3 is 6.18 Å². The van der Waals surface area contributed by atoms with Gasteiger partial charge in [-0.25, -0.2) is 8.93 Å². The lowest BCUT2D eigenvalue weighted by Crippen LogP contribution is -2.56. The Hall–Kier alpha value is -1.59. The van der Waals surface area contributed by atoms with Gasteiger partial charge in [-0.05, 0) is 38.5 Å². The van der Waals surface area contributed by atoms with Crippen molar-refractivity contribution in [3.05, 3.63) is 29.8 Å². The lowest BCUT2D eigenvalue weighted by molar-refractivity contribution is -0.176. The minimum absolute atomic E-state index is 0.346. The Balaban J connectivity index is 3.40. The fourth-order valence-electron chi connectivity index (χ4n) is 1.56. The van der Waals surface area contributed by atoms with Crippen LogP contribution in [0.15, 0.2) is 24.3 Å². The molecule has 0 aromatic heterocycles. The minimum atomic E-state index is -4.95. The monoisotopic (exact) mass is 334 g/mol. The lowest BCUT2D eigenvalue weighted by Gasteiger charge is -2.32. The standard InChI is InChI=1S/C14H17F3N2O2S/c1-12(2,3)22(20)19-13(9-18,14(15,16)17)10-5-7-11(21-4)8-6-10/h5-8,19H,1-4H3/t13-,22?/m1/s1. The molecule has 2 atom stereocenters. The summed E-state index contributed by atoms with van der Waals surface area (Å²) in [6, 6.07) is 6.13. The molecular weight excluding hydrogens is 317 g/mol. The van der Waals surface area contributed by atoms with Crippen molar-refractivity contribution >= 4 is 11.0 Å². The number of benzene rings is 1. The Bertz CT molecular complexity index is 588. The zero-order valence-electron chi connectivity index (χ0n) is 12.6. The highest BCUT2D eigenvalue weighted by Crippen LogP contribution is 2.40. The Morgan fingerprint density at radius 3 is 2.00 bits per heavy atom. The fourth-order valence-corrected chi connectivity index (χ4v) is 2.43. The van der Waals surface area contributed by atoms with Gasteiger partial charge < -0.3 is 4.74 Å². The molecule has 1 unspecified atom stereocenters. The molecule has 1 aromatic rings. The molecule has 122 valence electrons. The third kappa shape index (κ3) is 3.59. The maximum Gasteiger partial charge on any atom is 0.425 e. The molecule has 0 fully saturated rings. The van der Waals surface area contributed by atoms with Gasteiger partial charge in [0.15, 0.2) is 0 Å². The van der Waals surface area contributed by atoms with E-state index in [2.05, 4.69) is 0 Å². The molecule has 0 spiro atoms. The van der Waals surface area contributed by atoms with Gasteiger partial charge in [-0.2, -0.15) is 18.4 Å². The molecule has 0 amide bonds. The van der Waals surface area contributed by atoms with E-state index in [4.69, 9.17) is 4.74 Å². The molecule has 0 aliphatic carbocycles. The first-order valence-corrected chi connectivity index (χ1v) is 7.45. The van der Waals surface area contributed by atoms with E-state index < -0.39 is 27.4 Å². The number of hydrogen-bond acceptors (Lipinski definition) is 3. The molecule has 0 radical (unpaired) electrons. The normalized spacial score (nSPS) is 16.5. The largest absolute Gasteiger partial charge is 0.497 e. The maximum absolute atomic E-state index is 13.5. The molecule has 22 heavy (non-hydrogen) atoms. The van der Waals surface area contributed by atoms with Gasteiger partial charge in [0.2, 0.25) is 5.54 Å². The Morgan fingerprint density at radius 1 is 1.18 bits per heavy atom. The lowest BCUT2D eigenvalue weighted by atomic mass is 9.92. The summed E-state index contributed by atoms with van der Waals surface area (Å²) >= 11 is 0. The van der Waals surface area contributed by atoms with Crippen LogP contribution in [-0.2, 0) is 16.5 Å². The summed E-state index contributed by atoms with van der Waals surface area (Å²) in [4.78, 5) is 0. The highest BCUT2D eigenvalue weighted by atomic mass is 32.2. The average molecular weight is 334 g/mol. The van der Waals surface area contributed by atoms with Crippen LogP contribution < -0.4 is 9.46 Å². The summed E-state index contributed by atoms with van der Waals surface area (Å²) in [5.41, 5.74) is -3.40. The number of hydrogen-bond donors (Lipinski definition) is 1. The molecule has 0 aliphatic heterocycles. The van der Waals surface area contributed by atoms with Gasteiger partial charge in [-0.15, -0.1) is 0 Å². The molecule has 0 saturated heterocycles. The fraction of sp³-hybridized carbons (Fsp3) is 0.500. The van der Waals surface area contributed by atoms with Crippen molar-refractivity contribution in [1.82, 2.24) is 4.72 Å². The minimum Gasteiger partial charge on any atom is -0.497 e. The van der Waals surface area contributed by atoms with Crippen LogP contribution in [0.4, 0.5) is 13.2 Å². The highest BCUT2D eigenvalue weighted by molar-refractivity contribution is 7.84. The van der Waals surface area contributed by atoms with Crippen LogP contribution in [0.5, 0.6) is 5.75 Å². The van der Waals surface area contributed by atoms with Crippen LogP contribution in [0.2, 0.25) is 0 Å². The molecule has 0 heterocycles. The van der Waals surface area contributed by atoms with Crippen molar-refractivity contribution in [1.29, 1.82) is 5.26 Å². The zero-order valence-corrected chi connectivity index (χ0v) is 13.4. The second-order valence-corrected chi connectivity index (χ2v) is 7.54. The van der Waals surface area contributed by atoms with E-state index in [0.717, 1.165) is 12.1 Å². The van der Waals surface area contributed by atoms with Crippen molar-refractivity contribution in [2.75, 3.05) is 7.11 Å². The van der Waals surface area contributed by atoms with Gasteiger partial charge in [-0.1, -0.05) is 12.1 Å². The smallest absolute Gasteiger partial charge is 0.425 e. The van der Waals surface area contributed by atoms with E-state index in [1.807, 2.05) is 4.72 Å². The number of nitriles is 1. The van der Waals surface area contributed by atoms with Gasteiger partial charge in [0.25, 0.3) is 0 Å². The second-order valence-electron chi connectivity index (χ2n) is 5.57. The Kier molecular flexibility index (Phi) is 5.25.